The molecule has 9 heteroatoms. The first kappa shape index (κ1) is 21.5. The van der Waals surface area contributed by atoms with Crippen molar-refractivity contribution in [2.45, 2.75) is 63.9 Å². The Labute approximate surface area is 172 Å². The van der Waals surface area contributed by atoms with Crippen molar-refractivity contribution >= 4 is 28.6 Å². The molecule has 1 amide bonds. The standard InChI is InChI=1S/C20H25ClFN3O4/c1-11(23-18(28)29-19(2,3)4)16-24-14-7-5-6-13(21)15(14)17(27)25(16)12-8-20(22,9-12)10-26/h5-7,11-12,26H,8-10H2,1-4H3,(H,23,28)/t11-,12?,20?/m0/s1. The predicted molar refractivity (Wildman–Crippen MR) is 108 cm³/mol. The summed E-state index contributed by atoms with van der Waals surface area (Å²) in [6.07, 6.45) is -0.693. The molecule has 1 fully saturated rings. The Hall–Kier alpha value is -2.19. The summed E-state index contributed by atoms with van der Waals surface area (Å²) in [5, 5.41) is 12.4. The molecule has 2 aromatic rings. The Morgan fingerprint density at radius 3 is 2.72 bits per heavy atom. The minimum Gasteiger partial charge on any atom is -0.444 e. The van der Waals surface area contributed by atoms with E-state index in [1.165, 1.54) is 4.57 Å². The molecule has 2 N–H and O–H groups in total. The van der Waals surface area contributed by atoms with Gasteiger partial charge >= 0.3 is 6.09 Å². The number of aliphatic hydroxyl groups is 1. The van der Waals surface area contributed by atoms with Crippen LogP contribution in [0.1, 0.15) is 58.4 Å². The van der Waals surface area contributed by atoms with Crippen LogP contribution in [0.15, 0.2) is 23.0 Å². The van der Waals surface area contributed by atoms with E-state index < -0.39 is 41.6 Å². The number of nitrogens with zero attached hydrogens (tertiary/aromatic N) is 2. The van der Waals surface area contributed by atoms with Gasteiger partial charge in [-0.05, 0) is 39.8 Å². The number of amides is 1. The molecule has 1 aromatic heterocycles. The van der Waals surface area contributed by atoms with Crippen molar-refractivity contribution in [3.8, 4) is 0 Å². The summed E-state index contributed by atoms with van der Waals surface area (Å²) in [6.45, 7) is 6.29. The third-order valence-corrected chi connectivity index (χ3v) is 5.19. The molecule has 0 unspecified atom stereocenters. The summed E-state index contributed by atoms with van der Waals surface area (Å²) in [5.74, 6) is 0.278. The van der Waals surface area contributed by atoms with Gasteiger partial charge in [0.25, 0.3) is 5.56 Å². The van der Waals surface area contributed by atoms with Crippen molar-refractivity contribution in [2.75, 3.05) is 6.61 Å². The zero-order chi connectivity index (χ0) is 21.6. The van der Waals surface area contributed by atoms with Gasteiger partial charge in [0.1, 0.15) is 17.1 Å². The number of benzene rings is 1. The van der Waals surface area contributed by atoms with Crippen LogP contribution in [-0.2, 0) is 4.74 Å². The van der Waals surface area contributed by atoms with Crippen molar-refractivity contribution in [3.63, 3.8) is 0 Å². The zero-order valence-corrected chi connectivity index (χ0v) is 17.6. The van der Waals surface area contributed by atoms with E-state index in [1.54, 1.807) is 45.9 Å². The largest absolute Gasteiger partial charge is 0.444 e. The molecular formula is C20H25ClFN3O4. The predicted octanol–water partition coefficient (Wildman–Crippen LogP) is 3.67. The first-order chi connectivity index (χ1) is 13.4. The van der Waals surface area contributed by atoms with E-state index in [0.29, 0.717) is 5.52 Å². The second-order valence-corrected chi connectivity index (χ2v) is 8.93. The normalized spacial score (nSPS) is 22.8. The number of hydrogen-bond acceptors (Lipinski definition) is 5. The molecular weight excluding hydrogens is 401 g/mol. The molecule has 1 saturated carbocycles. The number of alkyl carbamates (subject to hydrolysis) is 1. The molecule has 158 valence electrons. The quantitative estimate of drug-likeness (QED) is 0.779. The van der Waals surface area contributed by atoms with E-state index in [0.717, 1.165) is 0 Å². The fraction of sp³-hybridized carbons (Fsp3) is 0.550. The third kappa shape index (κ3) is 4.38. The number of aromatic nitrogens is 2. The SMILES string of the molecule is C[C@H](NC(=O)OC(C)(C)C)c1nc2cccc(Cl)c2c(=O)n1C1CC(F)(CO)C1. The maximum Gasteiger partial charge on any atom is 0.408 e. The van der Waals surface area contributed by atoms with Crippen LogP contribution < -0.4 is 10.9 Å². The van der Waals surface area contributed by atoms with Gasteiger partial charge in [0.2, 0.25) is 0 Å². The Balaban J connectivity index is 2.04. The van der Waals surface area contributed by atoms with Crippen molar-refractivity contribution in [1.29, 1.82) is 0 Å². The number of carbonyl (C=O) groups is 1. The minimum atomic E-state index is -1.72. The van der Waals surface area contributed by atoms with Crippen molar-refractivity contribution in [1.82, 2.24) is 14.9 Å². The molecule has 0 radical (unpaired) electrons. The van der Waals surface area contributed by atoms with E-state index in [-0.39, 0.29) is 29.1 Å². The van der Waals surface area contributed by atoms with Crippen LogP contribution in [0.5, 0.6) is 0 Å². The maximum absolute atomic E-state index is 14.3. The van der Waals surface area contributed by atoms with Crippen LogP contribution in [0.3, 0.4) is 0 Å². The Kier molecular flexibility index (Phi) is 5.62. The van der Waals surface area contributed by atoms with Crippen LogP contribution in [0.2, 0.25) is 5.02 Å². The van der Waals surface area contributed by atoms with Gasteiger partial charge in [-0.1, -0.05) is 17.7 Å². The summed E-state index contributed by atoms with van der Waals surface area (Å²) in [7, 11) is 0. The number of alkyl halides is 1. The summed E-state index contributed by atoms with van der Waals surface area (Å²) in [6, 6.07) is 3.76. The van der Waals surface area contributed by atoms with Gasteiger partial charge in [0, 0.05) is 18.9 Å². The van der Waals surface area contributed by atoms with E-state index in [1.807, 2.05) is 0 Å². The van der Waals surface area contributed by atoms with E-state index in [2.05, 4.69) is 10.3 Å². The molecule has 0 aliphatic heterocycles. The Bertz CT molecular complexity index is 996. The molecule has 1 aliphatic rings. The Morgan fingerprint density at radius 1 is 1.48 bits per heavy atom. The van der Waals surface area contributed by atoms with Gasteiger partial charge < -0.3 is 15.2 Å². The maximum atomic E-state index is 14.3. The van der Waals surface area contributed by atoms with Gasteiger partial charge in [0.15, 0.2) is 0 Å². The average Bonchev–Trinajstić information content (AvgIpc) is 2.57. The van der Waals surface area contributed by atoms with Crippen LogP contribution in [0.25, 0.3) is 10.9 Å². The molecule has 1 aliphatic carbocycles. The molecule has 0 spiro atoms. The number of hydrogen-bond donors (Lipinski definition) is 2. The topological polar surface area (TPSA) is 93.5 Å². The summed E-state index contributed by atoms with van der Waals surface area (Å²) < 4.78 is 21.0. The lowest BCUT2D eigenvalue weighted by Crippen LogP contribution is -2.48. The minimum absolute atomic E-state index is 0.0206. The number of nitrogens with one attached hydrogen (secondary N) is 1. The molecule has 7 nitrogen and oxygen atoms in total. The average molecular weight is 426 g/mol. The first-order valence-corrected chi connectivity index (χ1v) is 9.82. The van der Waals surface area contributed by atoms with Gasteiger partial charge in [-0.15, -0.1) is 0 Å². The second kappa shape index (κ2) is 7.57. The lowest BCUT2D eigenvalue weighted by molar-refractivity contribution is -0.0356. The van der Waals surface area contributed by atoms with E-state index >= 15 is 0 Å². The second-order valence-electron chi connectivity index (χ2n) is 8.52. The highest BCUT2D eigenvalue weighted by Gasteiger charge is 2.47. The number of carbonyl (C=O) groups excluding carboxylic acids is 1. The molecule has 3 rings (SSSR count). The van der Waals surface area contributed by atoms with Crippen molar-refractivity contribution < 1.29 is 19.0 Å². The number of fused-ring (bicyclic) bond motifs is 1. The van der Waals surface area contributed by atoms with Gasteiger partial charge in [0.05, 0.1) is 28.6 Å². The van der Waals surface area contributed by atoms with Crippen LogP contribution in [-0.4, -0.2) is 38.6 Å². The lowest BCUT2D eigenvalue weighted by atomic mass is 9.77. The molecule has 29 heavy (non-hydrogen) atoms. The molecule has 1 heterocycles. The monoisotopic (exact) mass is 425 g/mol. The first-order valence-electron chi connectivity index (χ1n) is 9.44. The highest BCUT2D eigenvalue weighted by atomic mass is 35.5. The number of halogens is 2. The van der Waals surface area contributed by atoms with Crippen LogP contribution in [0, 0.1) is 0 Å². The fourth-order valence-electron chi connectivity index (χ4n) is 3.52. The molecule has 0 saturated heterocycles. The smallest absolute Gasteiger partial charge is 0.408 e. The van der Waals surface area contributed by atoms with Crippen molar-refractivity contribution in [3.05, 3.63) is 39.4 Å². The van der Waals surface area contributed by atoms with Gasteiger partial charge in [-0.2, -0.15) is 0 Å². The highest BCUT2D eigenvalue weighted by Crippen LogP contribution is 2.44. The van der Waals surface area contributed by atoms with Gasteiger partial charge in [-0.25, -0.2) is 14.2 Å². The number of ether oxygens (including phenoxy) is 1. The fourth-order valence-corrected chi connectivity index (χ4v) is 3.77. The van der Waals surface area contributed by atoms with Gasteiger partial charge in [-0.3, -0.25) is 9.36 Å². The Morgan fingerprint density at radius 2 is 2.14 bits per heavy atom. The molecule has 1 aromatic carbocycles. The zero-order valence-electron chi connectivity index (χ0n) is 16.8. The van der Waals surface area contributed by atoms with Crippen LogP contribution in [0.4, 0.5) is 9.18 Å². The number of rotatable bonds is 4. The highest BCUT2D eigenvalue weighted by molar-refractivity contribution is 6.35. The van der Waals surface area contributed by atoms with E-state index in [9.17, 15) is 19.1 Å². The lowest BCUT2D eigenvalue weighted by Gasteiger charge is -2.42. The van der Waals surface area contributed by atoms with E-state index in [4.69, 9.17) is 16.3 Å². The van der Waals surface area contributed by atoms with Crippen molar-refractivity contribution in [2.24, 2.45) is 0 Å². The third-order valence-electron chi connectivity index (χ3n) is 4.88. The summed E-state index contributed by atoms with van der Waals surface area (Å²) in [4.78, 5) is 30.0. The number of aliphatic hydroxyl groups excluding tert-OH is 1. The molecule has 1 atom stereocenters. The molecule has 0 bridgehead atoms. The summed E-state index contributed by atoms with van der Waals surface area (Å²) >= 11 is 6.22. The van der Waals surface area contributed by atoms with Crippen LogP contribution >= 0.6 is 11.6 Å². The summed E-state index contributed by atoms with van der Waals surface area (Å²) in [5.41, 5.74) is -2.42.